The van der Waals surface area contributed by atoms with Crippen molar-refractivity contribution in [2.24, 2.45) is 0 Å². The molecular formula is C15H17F3N2OS. The molecule has 1 aliphatic carbocycles. The molecular weight excluding hydrogens is 313 g/mol. The molecule has 0 spiro atoms. The molecule has 0 bridgehead atoms. The van der Waals surface area contributed by atoms with Crippen molar-refractivity contribution in [1.29, 1.82) is 0 Å². The van der Waals surface area contributed by atoms with Gasteiger partial charge in [0.2, 0.25) is 0 Å². The van der Waals surface area contributed by atoms with E-state index in [1.807, 2.05) is 0 Å². The summed E-state index contributed by atoms with van der Waals surface area (Å²) in [7, 11) is 0. The largest absolute Gasteiger partial charge is 0.398 e. The first-order chi connectivity index (χ1) is 10.5. The number of ether oxygens (including phenoxy) is 1. The van der Waals surface area contributed by atoms with Gasteiger partial charge in [-0.05, 0) is 30.9 Å². The quantitative estimate of drug-likeness (QED) is 0.726. The summed E-state index contributed by atoms with van der Waals surface area (Å²) in [6.07, 6.45) is -0.541. The van der Waals surface area contributed by atoms with Crippen LogP contribution in [0.5, 0.6) is 0 Å². The van der Waals surface area contributed by atoms with Crippen molar-refractivity contribution in [2.45, 2.75) is 50.8 Å². The number of hydrogen-bond acceptors (Lipinski definition) is 4. The maximum atomic E-state index is 13.2. The van der Waals surface area contributed by atoms with E-state index in [-0.39, 0.29) is 18.4 Å². The molecule has 0 aromatic carbocycles. The van der Waals surface area contributed by atoms with Gasteiger partial charge in [0.15, 0.2) is 0 Å². The fourth-order valence-corrected chi connectivity index (χ4v) is 3.28. The van der Waals surface area contributed by atoms with E-state index in [1.165, 1.54) is 23.6 Å². The Morgan fingerprint density at radius 1 is 1.36 bits per heavy atom. The molecule has 120 valence electrons. The summed E-state index contributed by atoms with van der Waals surface area (Å²) in [6, 6.07) is 1.54. The predicted octanol–water partition coefficient (Wildman–Crippen LogP) is 4.60. The molecule has 7 heteroatoms. The Morgan fingerprint density at radius 3 is 2.77 bits per heavy atom. The SMILES string of the molecule is CCCCOCc1nc2cc(C3(C(F)(F)F)CC3)cnc2s1. The lowest BCUT2D eigenvalue weighted by atomic mass is 9.97. The maximum absolute atomic E-state index is 13.2. The Hall–Kier alpha value is -1.21. The van der Waals surface area contributed by atoms with Gasteiger partial charge < -0.3 is 4.74 Å². The lowest BCUT2D eigenvalue weighted by molar-refractivity contribution is -0.160. The topological polar surface area (TPSA) is 35.0 Å². The predicted molar refractivity (Wildman–Crippen MR) is 78.9 cm³/mol. The first kappa shape index (κ1) is 15.7. The van der Waals surface area contributed by atoms with Gasteiger partial charge in [0.25, 0.3) is 0 Å². The van der Waals surface area contributed by atoms with Crippen molar-refractivity contribution in [3.05, 3.63) is 22.8 Å². The number of unbranched alkanes of at least 4 members (excludes halogenated alkanes) is 1. The number of nitrogens with zero attached hydrogens (tertiary/aromatic N) is 2. The minimum atomic E-state index is -4.22. The number of hydrogen-bond donors (Lipinski definition) is 0. The maximum Gasteiger partial charge on any atom is 0.398 e. The van der Waals surface area contributed by atoms with Gasteiger partial charge in [-0.25, -0.2) is 9.97 Å². The smallest absolute Gasteiger partial charge is 0.374 e. The van der Waals surface area contributed by atoms with Crippen molar-refractivity contribution in [3.63, 3.8) is 0 Å². The van der Waals surface area contributed by atoms with Crippen LogP contribution in [0.1, 0.15) is 43.2 Å². The lowest BCUT2D eigenvalue weighted by Gasteiger charge is -2.18. The normalized spacial score (nSPS) is 17.1. The average molecular weight is 330 g/mol. The molecule has 0 unspecified atom stereocenters. The van der Waals surface area contributed by atoms with E-state index < -0.39 is 11.6 Å². The van der Waals surface area contributed by atoms with Crippen LogP contribution in [-0.2, 0) is 16.8 Å². The second kappa shape index (κ2) is 5.77. The Bertz CT molecular complexity index is 664. The summed E-state index contributed by atoms with van der Waals surface area (Å²) in [5.74, 6) is 0. The highest BCUT2D eigenvalue weighted by Crippen LogP contribution is 2.58. The third kappa shape index (κ3) is 2.84. The molecule has 2 heterocycles. The van der Waals surface area contributed by atoms with E-state index in [1.54, 1.807) is 0 Å². The summed E-state index contributed by atoms with van der Waals surface area (Å²) in [6.45, 7) is 3.14. The van der Waals surface area contributed by atoms with Gasteiger partial charge in [0.05, 0.1) is 12.0 Å². The van der Waals surface area contributed by atoms with Crippen molar-refractivity contribution < 1.29 is 17.9 Å². The minimum Gasteiger partial charge on any atom is -0.374 e. The fraction of sp³-hybridized carbons (Fsp3) is 0.600. The van der Waals surface area contributed by atoms with Gasteiger partial charge in [-0.15, -0.1) is 0 Å². The second-order valence-corrected chi connectivity index (χ2v) is 6.70. The monoisotopic (exact) mass is 330 g/mol. The summed E-state index contributed by atoms with van der Waals surface area (Å²) < 4.78 is 45.0. The van der Waals surface area contributed by atoms with E-state index >= 15 is 0 Å². The molecule has 2 aromatic heterocycles. The highest BCUT2D eigenvalue weighted by Gasteiger charge is 2.64. The molecule has 0 saturated heterocycles. The molecule has 22 heavy (non-hydrogen) atoms. The van der Waals surface area contributed by atoms with E-state index in [0.29, 0.717) is 23.6 Å². The van der Waals surface area contributed by atoms with Crippen LogP contribution in [-0.4, -0.2) is 22.8 Å². The number of pyridine rings is 1. The minimum absolute atomic E-state index is 0.140. The van der Waals surface area contributed by atoms with E-state index in [4.69, 9.17) is 4.74 Å². The van der Waals surface area contributed by atoms with Crippen molar-refractivity contribution in [3.8, 4) is 0 Å². The van der Waals surface area contributed by atoms with Crippen molar-refractivity contribution >= 4 is 21.7 Å². The van der Waals surface area contributed by atoms with E-state index in [9.17, 15) is 13.2 Å². The Kier molecular flexibility index (Phi) is 4.11. The molecule has 0 radical (unpaired) electrons. The highest BCUT2D eigenvalue weighted by atomic mass is 32.1. The van der Waals surface area contributed by atoms with Crippen LogP contribution >= 0.6 is 11.3 Å². The molecule has 1 aliphatic rings. The standard InChI is InChI=1S/C15H17F3N2OS/c1-2-3-6-21-9-12-20-11-7-10(8-19-13(11)22-12)14(4-5-14)15(16,17)18/h7-8H,2-6,9H2,1H3. The summed E-state index contributed by atoms with van der Waals surface area (Å²) in [4.78, 5) is 9.19. The van der Waals surface area contributed by atoms with Crippen LogP contribution in [0, 0.1) is 0 Å². The number of fused-ring (bicyclic) bond motifs is 1. The molecule has 0 N–H and O–H groups in total. The summed E-state index contributed by atoms with van der Waals surface area (Å²) in [5, 5.41) is 0.757. The van der Waals surface area contributed by atoms with E-state index in [0.717, 1.165) is 17.8 Å². The fourth-order valence-electron chi connectivity index (χ4n) is 2.46. The summed E-state index contributed by atoms with van der Waals surface area (Å²) in [5.41, 5.74) is -0.932. The van der Waals surface area contributed by atoms with Crippen LogP contribution in [0.2, 0.25) is 0 Å². The van der Waals surface area contributed by atoms with Gasteiger partial charge >= 0.3 is 6.18 Å². The molecule has 1 fully saturated rings. The molecule has 3 nitrogen and oxygen atoms in total. The summed E-state index contributed by atoms with van der Waals surface area (Å²) >= 11 is 1.37. The number of halogens is 3. The third-order valence-corrected chi connectivity index (χ3v) is 4.96. The van der Waals surface area contributed by atoms with Gasteiger partial charge in [-0.1, -0.05) is 24.7 Å². The molecule has 0 atom stereocenters. The van der Waals surface area contributed by atoms with Crippen LogP contribution in [0.15, 0.2) is 12.3 Å². The number of aromatic nitrogens is 2. The number of thiazole rings is 1. The zero-order valence-corrected chi connectivity index (χ0v) is 13.1. The molecule has 0 aliphatic heterocycles. The molecule has 3 rings (SSSR count). The molecule has 1 saturated carbocycles. The van der Waals surface area contributed by atoms with Crippen LogP contribution < -0.4 is 0 Å². The second-order valence-electron chi connectivity index (χ2n) is 5.64. The molecule has 2 aromatic rings. The van der Waals surface area contributed by atoms with Crippen LogP contribution in [0.4, 0.5) is 13.2 Å². The third-order valence-electron chi connectivity index (χ3n) is 4.00. The van der Waals surface area contributed by atoms with E-state index in [2.05, 4.69) is 16.9 Å². The van der Waals surface area contributed by atoms with Crippen LogP contribution in [0.25, 0.3) is 10.3 Å². The van der Waals surface area contributed by atoms with Crippen molar-refractivity contribution in [1.82, 2.24) is 9.97 Å². The number of rotatable bonds is 6. The van der Waals surface area contributed by atoms with Gasteiger partial charge in [0.1, 0.15) is 15.4 Å². The van der Waals surface area contributed by atoms with Gasteiger partial charge in [0, 0.05) is 12.8 Å². The first-order valence-corrected chi connectivity index (χ1v) is 8.18. The average Bonchev–Trinajstić information content (AvgIpc) is 3.18. The number of alkyl halides is 3. The lowest BCUT2D eigenvalue weighted by Crippen LogP contribution is -2.28. The zero-order chi connectivity index (χ0) is 15.8. The Morgan fingerprint density at radius 2 is 2.14 bits per heavy atom. The molecule has 0 amide bonds. The first-order valence-electron chi connectivity index (χ1n) is 7.37. The van der Waals surface area contributed by atoms with Gasteiger partial charge in [-0.2, -0.15) is 13.2 Å². The van der Waals surface area contributed by atoms with Crippen molar-refractivity contribution in [2.75, 3.05) is 6.61 Å². The van der Waals surface area contributed by atoms with Gasteiger partial charge in [-0.3, -0.25) is 0 Å². The highest BCUT2D eigenvalue weighted by molar-refractivity contribution is 7.18. The zero-order valence-electron chi connectivity index (χ0n) is 12.2. The van der Waals surface area contributed by atoms with Crippen LogP contribution in [0.3, 0.4) is 0 Å². The Balaban J connectivity index is 1.79. The Labute approximate surface area is 130 Å².